The van der Waals surface area contributed by atoms with E-state index in [0.29, 0.717) is 5.76 Å². The molecule has 1 nitrogen and oxygen atoms in total. The lowest BCUT2D eigenvalue weighted by Gasteiger charge is -2.05. The summed E-state index contributed by atoms with van der Waals surface area (Å²) in [6.45, 7) is 9.77. The van der Waals surface area contributed by atoms with Crippen LogP contribution in [0.25, 0.3) is 0 Å². The average Bonchev–Trinajstić information content (AvgIpc) is 2.26. The SMILES string of the molecule is C=C/C(C)=C/C=C/C/C=C(\O)C(C)CC. The van der Waals surface area contributed by atoms with Crippen LogP contribution < -0.4 is 0 Å². The highest BCUT2D eigenvalue weighted by Gasteiger charge is 2.01. The molecule has 0 aromatic heterocycles. The van der Waals surface area contributed by atoms with Crippen LogP contribution in [0.2, 0.25) is 0 Å². The van der Waals surface area contributed by atoms with E-state index in [9.17, 15) is 5.11 Å². The second kappa shape index (κ2) is 8.10. The molecule has 0 spiro atoms. The van der Waals surface area contributed by atoms with Crippen molar-refractivity contribution in [2.24, 2.45) is 5.92 Å². The molecule has 0 amide bonds. The molecule has 0 aromatic rings. The van der Waals surface area contributed by atoms with Crippen LogP contribution in [0.4, 0.5) is 0 Å². The summed E-state index contributed by atoms with van der Waals surface area (Å²) in [4.78, 5) is 0. The summed E-state index contributed by atoms with van der Waals surface area (Å²) in [7, 11) is 0. The van der Waals surface area contributed by atoms with Crippen LogP contribution in [0.5, 0.6) is 0 Å². The largest absolute Gasteiger partial charge is 0.512 e. The summed E-state index contributed by atoms with van der Waals surface area (Å²) >= 11 is 0. The first-order valence-electron chi connectivity index (χ1n) is 5.46. The fourth-order valence-corrected chi connectivity index (χ4v) is 0.966. The van der Waals surface area contributed by atoms with Crippen molar-refractivity contribution >= 4 is 0 Å². The van der Waals surface area contributed by atoms with Gasteiger partial charge in [-0.2, -0.15) is 0 Å². The van der Waals surface area contributed by atoms with E-state index in [-0.39, 0.29) is 5.92 Å². The van der Waals surface area contributed by atoms with Gasteiger partial charge in [0.1, 0.15) is 0 Å². The minimum absolute atomic E-state index is 0.267. The third-order valence-electron chi connectivity index (χ3n) is 2.40. The highest BCUT2D eigenvalue weighted by atomic mass is 16.3. The van der Waals surface area contributed by atoms with Gasteiger partial charge in [0, 0.05) is 5.92 Å². The van der Waals surface area contributed by atoms with E-state index in [4.69, 9.17) is 0 Å². The van der Waals surface area contributed by atoms with E-state index in [1.54, 1.807) is 0 Å². The van der Waals surface area contributed by atoms with Gasteiger partial charge in [-0.3, -0.25) is 0 Å². The third kappa shape index (κ3) is 6.78. The zero-order chi connectivity index (χ0) is 11.7. The van der Waals surface area contributed by atoms with Gasteiger partial charge in [0.05, 0.1) is 5.76 Å². The van der Waals surface area contributed by atoms with Gasteiger partial charge in [0.15, 0.2) is 0 Å². The van der Waals surface area contributed by atoms with Gasteiger partial charge >= 0.3 is 0 Å². The zero-order valence-corrected chi connectivity index (χ0v) is 10.0. The van der Waals surface area contributed by atoms with Gasteiger partial charge in [-0.25, -0.2) is 0 Å². The number of rotatable bonds is 6. The number of allylic oxidation sites excluding steroid dienone is 7. The molecule has 84 valence electrons. The van der Waals surface area contributed by atoms with Crippen LogP contribution in [-0.4, -0.2) is 5.11 Å². The molecule has 1 heteroatoms. The molecule has 0 aliphatic rings. The molecule has 1 atom stereocenters. The van der Waals surface area contributed by atoms with E-state index in [0.717, 1.165) is 18.4 Å². The van der Waals surface area contributed by atoms with Crippen molar-refractivity contribution in [2.75, 3.05) is 0 Å². The Morgan fingerprint density at radius 2 is 2.13 bits per heavy atom. The number of hydrogen-bond acceptors (Lipinski definition) is 1. The van der Waals surface area contributed by atoms with Gasteiger partial charge in [-0.05, 0) is 25.8 Å². The maximum absolute atomic E-state index is 9.57. The van der Waals surface area contributed by atoms with Gasteiger partial charge in [0.2, 0.25) is 0 Å². The maximum atomic E-state index is 9.57. The van der Waals surface area contributed by atoms with E-state index >= 15 is 0 Å². The predicted octanol–water partition coefficient (Wildman–Crippen LogP) is 4.55. The lowest BCUT2D eigenvalue weighted by molar-refractivity contribution is 0.334. The molecule has 0 rings (SSSR count). The molecular weight excluding hydrogens is 184 g/mol. The normalized spacial score (nSPS) is 15.7. The second-order valence-corrected chi connectivity index (χ2v) is 3.72. The van der Waals surface area contributed by atoms with Crippen molar-refractivity contribution in [3.8, 4) is 0 Å². The second-order valence-electron chi connectivity index (χ2n) is 3.72. The molecule has 0 fully saturated rings. The highest BCUT2D eigenvalue weighted by molar-refractivity contribution is 5.19. The molecule has 0 aliphatic carbocycles. The van der Waals surface area contributed by atoms with Gasteiger partial charge < -0.3 is 5.11 Å². The van der Waals surface area contributed by atoms with Crippen molar-refractivity contribution in [3.63, 3.8) is 0 Å². The summed E-state index contributed by atoms with van der Waals surface area (Å²) in [6, 6.07) is 0. The summed E-state index contributed by atoms with van der Waals surface area (Å²) in [5.74, 6) is 0.760. The molecular formula is C14H22O. The number of aliphatic hydroxyl groups excluding tert-OH is 1. The zero-order valence-electron chi connectivity index (χ0n) is 10.0. The Hall–Kier alpha value is -1.24. The van der Waals surface area contributed by atoms with Gasteiger partial charge in [0.25, 0.3) is 0 Å². The van der Waals surface area contributed by atoms with Crippen LogP contribution in [0, 0.1) is 5.92 Å². The van der Waals surface area contributed by atoms with Crippen molar-refractivity contribution in [2.45, 2.75) is 33.6 Å². The summed E-state index contributed by atoms with van der Waals surface area (Å²) in [5, 5.41) is 9.57. The standard InChI is InChI=1S/C14H22O/c1-5-12(3)10-8-7-9-11-14(15)13(4)6-2/h5,7-8,10-11,13,15H,1,6,9H2,2-4H3/b8-7+,12-10+,14-11-. The first-order chi connectivity index (χ1) is 7.11. The van der Waals surface area contributed by atoms with Gasteiger partial charge in [-0.1, -0.05) is 50.3 Å². The fourth-order valence-electron chi connectivity index (χ4n) is 0.966. The molecule has 0 saturated heterocycles. The maximum Gasteiger partial charge on any atom is 0.0913 e. The fraction of sp³-hybridized carbons (Fsp3) is 0.429. The number of hydrogen-bond donors (Lipinski definition) is 1. The van der Waals surface area contributed by atoms with Crippen molar-refractivity contribution < 1.29 is 5.11 Å². The summed E-state index contributed by atoms with van der Waals surface area (Å²) in [6.07, 6.45) is 11.4. The van der Waals surface area contributed by atoms with E-state index in [1.165, 1.54) is 0 Å². The van der Waals surface area contributed by atoms with Crippen LogP contribution in [-0.2, 0) is 0 Å². The molecule has 0 aliphatic heterocycles. The monoisotopic (exact) mass is 206 g/mol. The molecule has 0 radical (unpaired) electrons. The quantitative estimate of drug-likeness (QED) is 0.499. The molecule has 0 saturated carbocycles. The van der Waals surface area contributed by atoms with Crippen LogP contribution >= 0.6 is 0 Å². The third-order valence-corrected chi connectivity index (χ3v) is 2.40. The van der Waals surface area contributed by atoms with Crippen molar-refractivity contribution in [1.82, 2.24) is 0 Å². The Morgan fingerprint density at radius 3 is 2.67 bits per heavy atom. The van der Waals surface area contributed by atoms with Crippen LogP contribution in [0.15, 0.2) is 48.3 Å². The Morgan fingerprint density at radius 1 is 1.47 bits per heavy atom. The molecule has 0 bridgehead atoms. The summed E-state index contributed by atoms with van der Waals surface area (Å²) < 4.78 is 0. The molecule has 0 heterocycles. The Kier molecular flexibility index (Phi) is 7.43. The Balaban J connectivity index is 4.02. The molecule has 0 aromatic carbocycles. The molecule has 1 unspecified atom stereocenters. The van der Waals surface area contributed by atoms with E-state index in [1.807, 2.05) is 44.2 Å². The van der Waals surface area contributed by atoms with E-state index < -0.39 is 0 Å². The predicted molar refractivity (Wildman–Crippen MR) is 67.9 cm³/mol. The van der Waals surface area contributed by atoms with Crippen molar-refractivity contribution in [3.05, 3.63) is 48.3 Å². The first kappa shape index (κ1) is 13.8. The van der Waals surface area contributed by atoms with Crippen molar-refractivity contribution in [1.29, 1.82) is 0 Å². The Bertz CT molecular complexity index is 269. The molecule has 1 N–H and O–H groups in total. The van der Waals surface area contributed by atoms with Crippen LogP contribution in [0.1, 0.15) is 33.6 Å². The minimum Gasteiger partial charge on any atom is -0.512 e. The molecule has 15 heavy (non-hydrogen) atoms. The highest BCUT2D eigenvalue weighted by Crippen LogP contribution is 2.11. The minimum atomic E-state index is 0.267. The van der Waals surface area contributed by atoms with Gasteiger partial charge in [-0.15, -0.1) is 0 Å². The lowest BCUT2D eigenvalue weighted by atomic mass is 10.1. The average molecular weight is 206 g/mol. The lowest BCUT2D eigenvalue weighted by Crippen LogP contribution is -1.95. The van der Waals surface area contributed by atoms with Crippen LogP contribution in [0.3, 0.4) is 0 Å². The van der Waals surface area contributed by atoms with E-state index in [2.05, 4.69) is 13.5 Å². The smallest absolute Gasteiger partial charge is 0.0913 e. The summed E-state index contributed by atoms with van der Waals surface area (Å²) in [5.41, 5.74) is 1.14. The first-order valence-corrected chi connectivity index (χ1v) is 5.46. The Labute approximate surface area is 93.5 Å². The number of aliphatic hydroxyl groups is 1. The topological polar surface area (TPSA) is 20.2 Å².